The molecule has 2 aromatic carbocycles. The predicted octanol–water partition coefficient (Wildman–Crippen LogP) is 8.26. The Morgan fingerprint density at radius 2 is 1.41 bits per heavy atom. The molecule has 0 aliphatic rings. The van der Waals surface area contributed by atoms with E-state index in [2.05, 4.69) is 106 Å². The van der Waals surface area contributed by atoms with Crippen molar-refractivity contribution in [2.75, 3.05) is 0 Å². The molecule has 0 saturated carbocycles. The molecule has 6 rings (SSSR count). The Labute approximate surface area is 244 Å². The van der Waals surface area contributed by atoms with Crippen molar-refractivity contribution in [2.45, 2.75) is 52.4 Å². The first kappa shape index (κ1) is 27.1. The number of benzene rings is 2. The molecule has 4 heterocycles. The van der Waals surface area contributed by atoms with Gasteiger partial charge in [-0.2, -0.15) is 0 Å². The zero-order chi connectivity index (χ0) is 26.7. The maximum atomic E-state index is 5.29. The maximum absolute atomic E-state index is 5.29. The molecule has 0 unspecified atom stereocenters. The van der Waals surface area contributed by atoms with E-state index in [-0.39, 0.29) is 31.9 Å². The third-order valence-corrected chi connectivity index (χ3v) is 6.99. The Bertz CT molecular complexity index is 1780. The Morgan fingerprint density at radius 3 is 2.08 bits per heavy atom. The maximum Gasteiger partial charge on any atom is 2.00 e. The smallest absolute Gasteiger partial charge is 0.438 e. The SMILES string of the molecule is CC(C)(C)c1[n-]c(-n2c(C(C)(C)C)cc3ccc(-c4[c-]c(-c5ccccn5)ccc4)nc32)c2ccccc12.[Pt+2]. The summed E-state index contributed by atoms with van der Waals surface area (Å²) in [4.78, 5) is 15.0. The van der Waals surface area contributed by atoms with Gasteiger partial charge in [0.1, 0.15) is 0 Å². The molecule has 0 fully saturated rings. The van der Waals surface area contributed by atoms with Gasteiger partial charge in [-0.1, -0.05) is 119 Å². The van der Waals surface area contributed by atoms with Crippen LogP contribution in [0.4, 0.5) is 0 Å². The molecule has 0 radical (unpaired) electrons. The first-order chi connectivity index (χ1) is 18.1. The molecule has 0 aliphatic carbocycles. The molecule has 198 valence electrons. The van der Waals surface area contributed by atoms with E-state index < -0.39 is 0 Å². The van der Waals surface area contributed by atoms with Crippen LogP contribution >= 0.6 is 0 Å². The first-order valence-electron chi connectivity index (χ1n) is 13.1. The fourth-order valence-corrected chi connectivity index (χ4v) is 5.14. The van der Waals surface area contributed by atoms with E-state index in [4.69, 9.17) is 9.97 Å². The summed E-state index contributed by atoms with van der Waals surface area (Å²) in [6, 6.07) is 30.7. The average Bonchev–Trinajstić information content (AvgIpc) is 3.48. The second-order valence-electron chi connectivity index (χ2n) is 12.0. The quantitative estimate of drug-likeness (QED) is 0.176. The molecule has 0 spiro atoms. The van der Waals surface area contributed by atoms with Gasteiger partial charge in [0.2, 0.25) is 0 Å². The van der Waals surface area contributed by atoms with Crippen molar-refractivity contribution < 1.29 is 21.1 Å². The van der Waals surface area contributed by atoms with Crippen molar-refractivity contribution in [3.63, 3.8) is 0 Å². The van der Waals surface area contributed by atoms with Crippen LogP contribution in [0.5, 0.6) is 0 Å². The van der Waals surface area contributed by atoms with Crippen molar-refractivity contribution in [1.82, 2.24) is 19.5 Å². The molecule has 0 N–H and O–H groups in total. The fraction of sp³-hybridized carbons (Fsp3) is 0.235. The van der Waals surface area contributed by atoms with Gasteiger partial charge in [-0.15, -0.1) is 24.3 Å². The van der Waals surface area contributed by atoms with Gasteiger partial charge >= 0.3 is 21.1 Å². The summed E-state index contributed by atoms with van der Waals surface area (Å²) in [6.07, 6.45) is 1.81. The van der Waals surface area contributed by atoms with Gasteiger partial charge in [-0.05, 0) is 38.9 Å². The largest absolute Gasteiger partial charge is 2.00 e. The van der Waals surface area contributed by atoms with E-state index in [9.17, 15) is 0 Å². The zero-order valence-electron chi connectivity index (χ0n) is 23.2. The van der Waals surface area contributed by atoms with Gasteiger partial charge in [-0.3, -0.25) is 9.97 Å². The van der Waals surface area contributed by atoms with Gasteiger partial charge in [0.05, 0.1) is 5.65 Å². The van der Waals surface area contributed by atoms with Gasteiger partial charge in [0, 0.05) is 17.6 Å². The number of hydrogen-bond donors (Lipinski definition) is 0. The third kappa shape index (κ3) is 4.87. The summed E-state index contributed by atoms with van der Waals surface area (Å²) in [5.41, 5.74) is 6.69. The molecule has 4 nitrogen and oxygen atoms in total. The number of pyridine rings is 2. The topological polar surface area (TPSA) is 44.8 Å². The van der Waals surface area contributed by atoms with E-state index in [0.717, 1.165) is 50.4 Å². The second kappa shape index (κ2) is 9.92. The van der Waals surface area contributed by atoms with Crippen molar-refractivity contribution >= 4 is 21.8 Å². The third-order valence-electron chi connectivity index (χ3n) is 6.99. The molecular formula is C34H32N4Pt. The minimum atomic E-state index is -0.103. The summed E-state index contributed by atoms with van der Waals surface area (Å²) >= 11 is 0. The van der Waals surface area contributed by atoms with Gasteiger partial charge < -0.3 is 9.55 Å². The van der Waals surface area contributed by atoms with Crippen LogP contribution in [0.25, 0.3) is 50.1 Å². The zero-order valence-corrected chi connectivity index (χ0v) is 25.5. The predicted molar refractivity (Wildman–Crippen MR) is 157 cm³/mol. The number of aromatic nitrogens is 4. The molecular weight excluding hydrogens is 659 g/mol. The van der Waals surface area contributed by atoms with Crippen molar-refractivity contribution in [3.8, 4) is 28.3 Å². The molecule has 0 bridgehead atoms. The summed E-state index contributed by atoms with van der Waals surface area (Å²) in [7, 11) is 0. The minimum Gasteiger partial charge on any atom is -0.438 e. The number of hydrogen-bond acceptors (Lipinski definition) is 2. The molecule has 0 saturated heterocycles. The van der Waals surface area contributed by atoms with Crippen LogP contribution in [0, 0.1) is 6.07 Å². The number of fused-ring (bicyclic) bond motifs is 2. The van der Waals surface area contributed by atoms with Gasteiger partial charge in [0.15, 0.2) is 0 Å². The average molecular weight is 692 g/mol. The number of nitrogens with zero attached hydrogens (tertiary/aromatic N) is 4. The Morgan fingerprint density at radius 1 is 0.718 bits per heavy atom. The Hall–Kier alpha value is -3.49. The normalized spacial score (nSPS) is 12.2. The molecule has 0 aliphatic heterocycles. The van der Waals surface area contributed by atoms with Crippen molar-refractivity contribution in [1.29, 1.82) is 0 Å². The number of rotatable bonds is 3. The summed E-state index contributed by atoms with van der Waals surface area (Å²) in [6.45, 7) is 13.4. The van der Waals surface area contributed by atoms with E-state index in [1.165, 1.54) is 11.1 Å². The molecule has 5 heteroatoms. The first-order valence-corrected chi connectivity index (χ1v) is 13.1. The van der Waals surface area contributed by atoms with E-state index in [1.54, 1.807) is 0 Å². The van der Waals surface area contributed by atoms with Crippen molar-refractivity contribution in [2.24, 2.45) is 0 Å². The summed E-state index contributed by atoms with van der Waals surface area (Å²) in [5, 5.41) is 3.45. The van der Waals surface area contributed by atoms with Gasteiger partial charge in [0.25, 0.3) is 0 Å². The fourth-order valence-electron chi connectivity index (χ4n) is 5.14. The van der Waals surface area contributed by atoms with Crippen LogP contribution in [-0.2, 0) is 31.9 Å². The molecule has 4 aromatic heterocycles. The molecule has 39 heavy (non-hydrogen) atoms. The van der Waals surface area contributed by atoms with Crippen LogP contribution in [0.3, 0.4) is 0 Å². The molecule has 0 atom stereocenters. The minimum absolute atomic E-state index is 0. The van der Waals surface area contributed by atoms with E-state index >= 15 is 0 Å². The van der Waals surface area contributed by atoms with Crippen LogP contribution in [0.1, 0.15) is 52.9 Å². The summed E-state index contributed by atoms with van der Waals surface area (Å²) in [5.74, 6) is 0.946. The van der Waals surface area contributed by atoms with E-state index in [1.807, 2.05) is 36.5 Å². The van der Waals surface area contributed by atoms with Crippen LogP contribution in [-0.4, -0.2) is 14.5 Å². The van der Waals surface area contributed by atoms with Crippen molar-refractivity contribution in [3.05, 3.63) is 103 Å². The standard InChI is InChI=1S/C34H32N4.Pt/c1-33(2,3)29-21-24-17-18-28(23-13-11-12-22(20-23)27-16-9-10-19-35-27)36-31(24)38(29)32-26-15-8-7-14-25(26)30(37-32)34(4,5)6;/h7-19,21H,1-6H3;/q-2;+2. The molecule has 0 amide bonds. The Kier molecular flexibility index (Phi) is 6.89. The summed E-state index contributed by atoms with van der Waals surface area (Å²) < 4.78 is 2.28. The van der Waals surface area contributed by atoms with Crippen LogP contribution < -0.4 is 4.98 Å². The van der Waals surface area contributed by atoms with Gasteiger partial charge in [-0.25, -0.2) is 0 Å². The van der Waals surface area contributed by atoms with Crippen LogP contribution in [0.15, 0.2) is 85.1 Å². The van der Waals surface area contributed by atoms with E-state index in [0.29, 0.717) is 0 Å². The second-order valence-corrected chi connectivity index (χ2v) is 12.0. The molecule has 6 aromatic rings. The van der Waals surface area contributed by atoms with Crippen LogP contribution in [0.2, 0.25) is 0 Å². The monoisotopic (exact) mass is 691 g/mol. The Balaban J connectivity index is 0.00000308.